The van der Waals surface area contributed by atoms with Crippen LogP contribution in [0.2, 0.25) is 0 Å². The van der Waals surface area contributed by atoms with E-state index in [0.717, 1.165) is 37.6 Å². The zero-order valence-corrected chi connectivity index (χ0v) is 9.24. The third-order valence-electron chi connectivity index (χ3n) is 3.22. The average molecular weight is 209 g/mol. The highest BCUT2D eigenvalue weighted by Crippen LogP contribution is 2.32. The summed E-state index contributed by atoms with van der Waals surface area (Å²) in [7, 11) is 0. The van der Waals surface area contributed by atoms with E-state index in [2.05, 4.69) is 6.07 Å². The molecule has 0 aliphatic carbocycles. The average Bonchev–Trinajstić information content (AvgIpc) is 2.68. The fourth-order valence-electron chi connectivity index (χ4n) is 2.31. The van der Waals surface area contributed by atoms with Gasteiger partial charge >= 0.3 is 0 Å². The summed E-state index contributed by atoms with van der Waals surface area (Å²) in [5.74, 6) is 2.99. The third-order valence-corrected chi connectivity index (χ3v) is 3.22. The first kappa shape index (κ1) is 10.7. The van der Waals surface area contributed by atoms with Crippen molar-refractivity contribution in [3.05, 3.63) is 23.7 Å². The highest BCUT2D eigenvalue weighted by atomic mass is 16.5. The van der Waals surface area contributed by atoms with Crippen molar-refractivity contribution in [2.45, 2.75) is 25.7 Å². The first-order chi connectivity index (χ1) is 7.31. The van der Waals surface area contributed by atoms with Gasteiger partial charge in [0.05, 0.1) is 0 Å². The summed E-state index contributed by atoms with van der Waals surface area (Å²) in [5, 5.41) is 0. The van der Waals surface area contributed by atoms with Gasteiger partial charge in [0, 0.05) is 25.7 Å². The summed E-state index contributed by atoms with van der Waals surface area (Å²) < 4.78 is 11.0. The maximum absolute atomic E-state index is 5.84. The molecule has 2 heterocycles. The standard InChI is InChI=1S/C12H19NO2/c1-9-2-3-12(15-9)11(8-13)10-4-6-14-7-5-10/h2-3,10-11H,4-8,13H2,1H3. The number of ether oxygens (including phenoxy) is 1. The van der Waals surface area contributed by atoms with Crippen LogP contribution in [0, 0.1) is 12.8 Å². The maximum atomic E-state index is 5.84. The minimum absolute atomic E-state index is 0.364. The van der Waals surface area contributed by atoms with Crippen molar-refractivity contribution in [1.29, 1.82) is 0 Å². The molecule has 0 aromatic carbocycles. The molecule has 15 heavy (non-hydrogen) atoms. The molecule has 1 fully saturated rings. The lowest BCUT2D eigenvalue weighted by molar-refractivity contribution is 0.0562. The fourth-order valence-corrected chi connectivity index (χ4v) is 2.31. The highest BCUT2D eigenvalue weighted by Gasteiger charge is 2.26. The van der Waals surface area contributed by atoms with Crippen molar-refractivity contribution in [3.63, 3.8) is 0 Å². The molecule has 0 bridgehead atoms. The molecule has 3 nitrogen and oxygen atoms in total. The van der Waals surface area contributed by atoms with Gasteiger partial charge in [0.25, 0.3) is 0 Å². The van der Waals surface area contributed by atoms with Gasteiger partial charge in [-0.15, -0.1) is 0 Å². The Morgan fingerprint density at radius 1 is 1.40 bits per heavy atom. The second kappa shape index (κ2) is 4.81. The molecule has 0 radical (unpaired) electrons. The molecule has 0 saturated carbocycles. The van der Waals surface area contributed by atoms with E-state index < -0.39 is 0 Å². The van der Waals surface area contributed by atoms with Crippen LogP contribution in [-0.4, -0.2) is 19.8 Å². The van der Waals surface area contributed by atoms with Gasteiger partial charge in [0.2, 0.25) is 0 Å². The molecule has 1 unspecified atom stereocenters. The first-order valence-electron chi connectivity index (χ1n) is 5.65. The quantitative estimate of drug-likeness (QED) is 0.829. The molecule has 84 valence electrons. The summed E-state index contributed by atoms with van der Waals surface area (Å²) in [6.07, 6.45) is 2.20. The topological polar surface area (TPSA) is 48.4 Å². The normalized spacial score (nSPS) is 20.4. The van der Waals surface area contributed by atoms with Gasteiger partial charge in [-0.2, -0.15) is 0 Å². The zero-order valence-electron chi connectivity index (χ0n) is 9.24. The molecule has 2 N–H and O–H groups in total. The van der Waals surface area contributed by atoms with E-state index in [1.165, 1.54) is 0 Å². The van der Waals surface area contributed by atoms with Crippen LogP contribution in [0.5, 0.6) is 0 Å². The van der Waals surface area contributed by atoms with E-state index in [1.54, 1.807) is 0 Å². The van der Waals surface area contributed by atoms with Crippen LogP contribution in [0.25, 0.3) is 0 Å². The monoisotopic (exact) mass is 209 g/mol. The molecule has 1 aromatic rings. The summed E-state index contributed by atoms with van der Waals surface area (Å²) >= 11 is 0. The third kappa shape index (κ3) is 2.41. The molecule has 1 atom stereocenters. The Labute approximate surface area is 90.6 Å². The number of aryl methyl sites for hydroxylation is 1. The Morgan fingerprint density at radius 2 is 2.13 bits per heavy atom. The number of hydrogen-bond acceptors (Lipinski definition) is 3. The predicted molar refractivity (Wildman–Crippen MR) is 58.8 cm³/mol. The zero-order chi connectivity index (χ0) is 10.7. The van der Waals surface area contributed by atoms with Crippen molar-refractivity contribution in [3.8, 4) is 0 Å². The van der Waals surface area contributed by atoms with Gasteiger partial charge in [-0.25, -0.2) is 0 Å². The fraction of sp³-hybridized carbons (Fsp3) is 0.667. The van der Waals surface area contributed by atoms with Crippen molar-refractivity contribution in [2.75, 3.05) is 19.8 Å². The van der Waals surface area contributed by atoms with Crippen LogP contribution in [0.4, 0.5) is 0 Å². The Morgan fingerprint density at radius 3 is 2.67 bits per heavy atom. The number of nitrogens with two attached hydrogens (primary N) is 1. The first-order valence-corrected chi connectivity index (χ1v) is 5.65. The van der Waals surface area contributed by atoms with Crippen LogP contribution in [0.1, 0.15) is 30.3 Å². The predicted octanol–water partition coefficient (Wildman–Crippen LogP) is 2.06. The Kier molecular flexibility index (Phi) is 3.44. The van der Waals surface area contributed by atoms with E-state index in [4.69, 9.17) is 14.9 Å². The van der Waals surface area contributed by atoms with E-state index in [0.29, 0.717) is 18.4 Å². The van der Waals surface area contributed by atoms with Gasteiger partial charge in [-0.3, -0.25) is 0 Å². The summed E-state index contributed by atoms with van der Waals surface area (Å²) in [5.41, 5.74) is 5.84. The van der Waals surface area contributed by atoms with Crippen molar-refractivity contribution in [1.82, 2.24) is 0 Å². The van der Waals surface area contributed by atoms with Crippen LogP contribution in [0.3, 0.4) is 0 Å². The molecule has 1 aliphatic heterocycles. The van der Waals surface area contributed by atoms with Gasteiger partial charge in [-0.1, -0.05) is 0 Å². The number of rotatable bonds is 3. The largest absolute Gasteiger partial charge is 0.466 e. The second-order valence-corrected chi connectivity index (χ2v) is 4.24. The minimum Gasteiger partial charge on any atom is -0.466 e. The van der Waals surface area contributed by atoms with Crippen LogP contribution in [-0.2, 0) is 4.74 Å². The van der Waals surface area contributed by atoms with Crippen LogP contribution < -0.4 is 5.73 Å². The highest BCUT2D eigenvalue weighted by molar-refractivity contribution is 5.12. The molecular weight excluding hydrogens is 190 g/mol. The molecular formula is C12H19NO2. The van der Waals surface area contributed by atoms with E-state index in [9.17, 15) is 0 Å². The van der Waals surface area contributed by atoms with E-state index in [-0.39, 0.29) is 0 Å². The molecule has 1 aliphatic rings. The Bertz CT molecular complexity index is 302. The summed E-state index contributed by atoms with van der Waals surface area (Å²) in [6.45, 7) is 4.36. The molecule has 1 aromatic heterocycles. The molecule has 0 spiro atoms. The van der Waals surface area contributed by atoms with Crippen molar-refractivity contribution >= 4 is 0 Å². The van der Waals surface area contributed by atoms with Gasteiger partial charge in [0.15, 0.2) is 0 Å². The SMILES string of the molecule is Cc1ccc(C(CN)C2CCOCC2)o1. The van der Waals surface area contributed by atoms with Gasteiger partial charge in [-0.05, 0) is 37.8 Å². The van der Waals surface area contributed by atoms with E-state index >= 15 is 0 Å². The van der Waals surface area contributed by atoms with Crippen LogP contribution in [0.15, 0.2) is 16.5 Å². The minimum atomic E-state index is 0.364. The lowest BCUT2D eigenvalue weighted by Crippen LogP contribution is -2.26. The number of furan rings is 1. The smallest absolute Gasteiger partial charge is 0.108 e. The molecule has 2 rings (SSSR count). The second-order valence-electron chi connectivity index (χ2n) is 4.24. The lowest BCUT2D eigenvalue weighted by atomic mass is 9.84. The number of hydrogen-bond donors (Lipinski definition) is 1. The molecule has 1 saturated heterocycles. The summed E-state index contributed by atoms with van der Waals surface area (Å²) in [6, 6.07) is 4.07. The Balaban J connectivity index is 2.08. The lowest BCUT2D eigenvalue weighted by Gasteiger charge is -2.28. The summed E-state index contributed by atoms with van der Waals surface area (Å²) in [4.78, 5) is 0. The molecule has 0 amide bonds. The van der Waals surface area contributed by atoms with Crippen molar-refractivity contribution < 1.29 is 9.15 Å². The maximum Gasteiger partial charge on any atom is 0.108 e. The van der Waals surface area contributed by atoms with Gasteiger partial charge in [0.1, 0.15) is 11.5 Å². The van der Waals surface area contributed by atoms with Gasteiger partial charge < -0.3 is 14.9 Å². The molecule has 3 heteroatoms. The van der Waals surface area contributed by atoms with Crippen molar-refractivity contribution in [2.24, 2.45) is 11.7 Å². The van der Waals surface area contributed by atoms with E-state index in [1.807, 2.05) is 13.0 Å². The van der Waals surface area contributed by atoms with Crippen LogP contribution >= 0.6 is 0 Å². The Hall–Kier alpha value is -0.800.